The lowest BCUT2D eigenvalue weighted by Gasteiger charge is -2.13. The zero-order valence-electron chi connectivity index (χ0n) is 6.38. The van der Waals surface area contributed by atoms with Gasteiger partial charge in [0.1, 0.15) is 0 Å². The first-order chi connectivity index (χ1) is 5.34. The molecule has 0 spiro atoms. The zero-order valence-corrected chi connectivity index (χ0v) is 6.38. The van der Waals surface area contributed by atoms with Crippen LogP contribution in [0.3, 0.4) is 0 Å². The van der Waals surface area contributed by atoms with Gasteiger partial charge in [-0.3, -0.25) is 0 Å². The normalized spacial score (nSPS) is 16.1. The number of carbonyl (C=O) groups excluding carboxylic acids is 1. The van der Waals surface area contributed by atoms with E-state index in [-0.39, 0.29) is 12.7 Å². The van der Waals surface area contributed by atoms with Crippen LogP contribution in [-0.4, -0.2) is 30.7 Å². The SMILES string of the molecule is C#CCOC(=O)N1CCCC1. The third-order valence-corrected chi connectivity index (χ3v) is 1.64. The van der Waals surface area contributed by atoms with Gasteiger partial charge in [-0.2, -0.15) is 0 Å². The fourth-order valence-corrected chi connectivity index (χ4v) is 1.09. The second-order valence-electron chi connectivity index (χ2n) is 2.45. The molecule has 1 saturated heterocycles. The van der Waals surface area contributed by atoms with E-state index in [2.05, 4.69) is 5.92 Å². The van der Waals surface area contributed by atoms with Crippen LogP contribution in [0.4, 0.5) is 4.79 Å². The lowest BCUT2D eigenvalue weighted by molar-refractivity contribution is 0.123. The molecule has 3 nitrogen and oxygen atoms in total. The Bertz CT molecular complexity index is 177. The lowest BCUT2D eigenvalue weighted by Crippen LogP contribution is -2.28. The lowest BCUT2D eigenvalue weighted by atomic mass is 10.4. The Hall–Kier alpha value is -1.17. The van der Waals surface area contributed by atoms with Crippen molar-refractivity contribution in [1.82, 2.24) is 4.90 Å². The monoisotopic (exact) mass is 153 g/mol. The van der Waals surface area contributed by atoms with Crippen LogP contribution in [0, 0.1) is 12.3 Å². The van der Waals surface area contributed by atoms with E-state index in [1.807, 2.05) is 0 Å². The molecule has 11 heavy (non-hydrogen) atoms. The van der Waals surface area contributed by atoms with E-state index in [1.165, 1.54) is 0 Å². The Balaban J connectivity index is 2.24. The summed E-state index contributed by atoms with van der Waals surface area (Å²) in [5, 5.41) is 0. The van der Waals surface area contributed by atoms with Gasteiger partial charge in [-0.25, -0.2) is 4.79 Å². The van der Waals surface area contributed by atoms with Crippen molar-refractivity contribution in [1.29, 1.82) is 0 Å². The van der Waals surface area contributed by atoms with Crippen LogP contribution in [0.1, 0.15) is 12.8 Å². The number of terminal acetylenes is 1. The fourth-order valence-electron chi connectivity index (χ4n) is 1.09. The van der Waals surface area contributed by atoms with Crippen LogP contribution in [0.5, 0.6) is 0 Å². The number of likely N-dealkylation sites (tertiary alicyclic amines) is 1. The minimum absolute atomic E-state index is 0.0787. The van der Waals surface area contributed by atoms with Crippen LogP contribution < -0.4 is 0 Å². The zero-order chi connectivity index (χ0) is 8.10. The summed E-state index contributed by atoms with van der Waals surface area (Å²) in [4.78, 5) is 12.7. The maximum Gasteiger partial charge on any atom is 0.410 e. The van der Waals surface area contributed by atoms with Gasteiger partial charge in [0.15, 0.2) is 6.61 Å². The summed E-state index contributed by atoms with van der Waals surface area (Å²) in [6, 6.07) is 0. The van der Waals surface area contributed by atoms with Crippen molar-refractivity contribution in [2.24, 2.45) is 0 Å². The predicted octanol–water partition coefficient (Wildman–Crippen LogP) is 0.852. The van der Waals surface area contributed by atoms with Crippen molar-refractivity contribution in [2.45, 2.75) is 12.8 Å². The first-order valence-corrected chi connectivity index (χ1v) is 3.70. The standard InChI is InChI=1S/C8H11NO2/c1-2-7-11-8(10)9-5-3-4-6-9/h1H,3-7H2. The van der Waals surface area contributed by atoms with Crippen molar-refractivity contribution in [2.75, 3.05) is 19.7 Å². The molecule has 0 saturated carbocycles. The third-order valence-electron chi connectivity index (χ3n) is 1.64. The van der Waals surface area contributed by atoms with Crippen molar-refractivity contribution in [3.63, 3.8) is 0 Å². The number of ether oxygens (including phenoxy) is 1. The molecule has 0 N–H and O–H groups in total. The van der Waals surface area contributed by atoms with Crippen LogP contribution >= 0.6 is 0 Å². The molecule has 1 amide bonds. The summed E-state index contributed by atoms with van der Waals surface area (Å²) in [7, 11) is 0. The summed E-state index contributed by atoms with van der Waals surface area (Å²) < 4.78 is 4.73. The van der Waals surface area contributed by atoms with Crippen LogP contribution in [0.2, 0.25) is 0 Å². The molecule has 0 aliphatic carbocycles. The smallest absolute Gasteiger partial charge is 0.410 e. The number of carbonyl (C=O) groups is 1. The van der Waals surface area contributed by atoms with E-state index in [1.54, 1.807) is 4.90 Å². The maximum absolute atomic E-state index is 11.0. The van der Waals surface area contributed by atoms with E-state index in [9.17, 15) is 4.79 Å². The molecule has 0 radical (unpaired) electrons. The molecule has 1 aliphatic heterocycles. The van der Waals surface area contributed by atoms with Crippen LogP contribution in [0.15, 0.2) is 0 Å². The Morgan fingerprint density at radius 2 is 2.18 bits per heavy atom. The average Bonchev–Trinajstić information content (AvgIpc) is 2.52. The number of amides is 1. The summed E-state index contributed by atoms with van der Waals surface area (Å²) >= 11 is 0. The van der Waals surface area contributed by atoms with Gasteiger partial charge in [-0.15, -0.1) is 6.42 Å². The predicted molar refractivity (Wildman–Crippen MR) is 41.0 cm³/mol. The second kappa shape index (κ2) is 3.87. The van der Waals surface area contributed by atoms with Crippen molar-refractivity contribution in [3.8, 4) is 12.3 Å². The number of nitrogens with zero attached hydrogens (tertiary/aromatic N) is 1. The van der Waals surface area contributed by atoms with Crippen LogP contribution in [-0.2, 0) is 4.74 Å². The second-order valence-corrected chi connectivity index (χ2v) is 2.45. The van der Waals surface area contributed by atoms with Gasteiger partial charge < -0.3 is 9.64 Å². The molecule has 1 heterocycles. The summed E-state index contributed by atoms with van der Waals surface area (Å²) in [5.74, 6) is 2.25. The largest absolute Gasteiger partial charge is 0.436 e. The first kappa shape index (κ1) is 7.93. The molecule has 1 rings (SSSR count). The molecule has 0 unspecified atom stereocenters. The number of rotatable bonds is 1. The van der Waals surface area contributed by atoms with E-state index < -0.39 is 0 Å². The molecule has 1 aliphatic rings. The van der Waals surface area contributed by atoms with Gasteiger partial charge in [0.05, 0.1) is 0 Å². The average molecular weight is 153 g/mol. The first-order valence-electron chi connectivity index (χ1n) is 3.70. The van der Waals surface area contributed by atoms with Gasteiger partial charge in [0.25, 0.3) is 0 Å². The van der Waals surface area contributed by atoms with E-state index in [0.29, 0.717) is 0 Å². The van der Waals surface area contributed by atoms with Crippen LogP contribution in [0.25, 0.3) is 0 Å². The minimum atomic E-state index is -0.277. The Morgan fingerprint density at radius 3 is 2.73 bits per heavy atom. The molecular weight excluding hydrogens is 142 g/mol. The molecule has 0 bridgehead atoms. The third kappa shape index (κ3) is 2.15. The highest BCUT2D eigenvalue weighted by molar-refractivity contribution is 5.68. The van der Waals surface area contributed by atoms with Crippen molar-refractivity contribution in [3.05, 3.63) is 0 Å². The molecule has 60 valence electrons. The molecule has 0 aromatic carbocycles. The highest BCUT2D eigenvalue weighted by Gasteiger charge is 2.18. The summed E-state index contributed by atoms with van der Waals surface area (Å²) in [6.45, 7) is 1.70. The Labute approximate surface area is 66.3 Å². The molecule has 1 fully saturated rings. The topological polar surface area (TPSA) is 29.5 Å². The Morgan fingerprint density at radius 1 is 1.55 bits per heavy atom. The highest BCUT2D eigenvalue weighted by atomic mass is 16.6. The van der Waals surface area contributed by atoms with E-state index in [4.69, 9.17) is 11.2 Å². The summed E-state index contributed by atoms with van der Waals surface area (Å²) in [6.07, 6.45) is 6.80. The fraction of sp³-hybridized carbons (Fsp3) is 0.625. The number of hydrogen-bond donors (Lipinski definition) is 0. The minimum Gasteiger partial charge on any atom is -0.436 e. The molecule has 0 aromatic heterocycles. The van der Waals surface area contributed by atoms with Gasteiger partial charge in [-0.1, -0.05) is 5.92 Å². The van der Waals surface area contributed by atoms with Gasteiger partial charge in [-0.05, 0) is 12.8 Å². The van der Waals surface area contributed by atoms with E-state index >= 15 is 0 Å². The van der Waals surface area contributed by atoms with E-state index in [0.717, 1.165) is 25.9 Å². The molecular formula is C8H11NO2. The summed E-state index contributed by atoms with van der Waals surface area (Å²) in [5.41, 5.74) is 0. The molecule has 0 aromatic rings. The maximum atomic E-state index is 11.0. The van der Waals surface area contributed by atoms with Gasteiger partial charge in [0.2, 0.25) is 0 Å². The van der Waals surface area contributed by atoms with Crippen molar-refractivity contribution < 1.29 is 9.53 Å². The highest BCUT2D eigenvalue weighted by Crippen LogP contribution is 2.08. The number of hydrogen-bond acceptors (Lipinski definition) is 2. The molecule has 3 heteroatoms. The van der Waals surface area contributed by atoms with Crippen molar-refractivity contribution >= 4 is 6.09 Å². The quantitative estimate of drug-likeness (QED) is 0.523. The Kier molecular flexibility index (Phi) is 2.79. The van der Waals surface area contributed by atoms with Gasteiger partial charge in [0, 0.05) is 13.1 Å². The van der Waals surface area contributed by atoms with Gasteiger partial charge >= 0.3 is 6.09 Å². The molecule has 0 atom stereocenters.